The monoisotopic (exact) mass is 265 g/mol. The number of nitrogens with zero attached hydrogens (tertiary/aromatic N) is 2. The molecular weight excluding hydrogens is 245 g/mol. The number of aliphatic imine (C=N–C) groups is 1. The third-order valence-corrected chi connectivity index (χ3v) is 3.11. The van der Waals surface area contributed by atoms with Crippen molar-refractivity contribution in [1.82, 2.24) is 4.90 Å². The van der Waals surface area contributed by atoms with Crippen LogP contribution in [0.25, 0.3) is 0 Å². The summed E-state index contributed by atoms with van der Waals surface area (Å²) in [4.78, 5) is 6.39. The summed E-state index contributed by atoms with van der Waals surface area (Å²) in [5.74, 6) is 0.808. The number of likely N-dealkylation sites (tertiary alicyclic amines) is 1. The SMILES string of the molecule is NC(=NCCOc1cccc(F)c1)N1CCCCC1. The van der Waals surface area contributed by atoms with Crippen LogP contribution in [0.2, 0.25) is 0 Å². The van der Waals surface area contributed by atoms with Gasteiger partial charge in [-0.05, 0) is 31.4 Å². The minimum Gasteiger partial charge on any atom is -0.492 e. The van der Waals surface area contributed by atoms with E-state index in [1.165, 1.54) is 31.4 Å². The molecule has 5 heteroatoms. The second-order valence-corrected chi connectivity index (χ2v) is 4.59. The van der Waals surface area contributed by atoms with Crippen LogP contribution in [0.1, 0.15) is 19.3 Å². The number of guanidine groups is 1. The Morgan fingerprint density at radius 2 is 2.11 bits per heavy atom. The van der Waals surface area contributed by atoms with Crippen molar-refractivity contribution in [3.05, 3.63) is 30.1 Å². The average molecular weight is 265 g/mol. The van der Waals surface area contributed by atoms with Crippen LogP contribution >= 0.6 is 0 Å². The maximum absolute atomic E-state index is 12.9. The molecule has 0 aromatic heterocycles. The Bertz CT molecular complexity index is 430. The Morgan fingerprint density at radius 1 is 1.32 bits per heavy atom. The first-order valence-corrected chi connectivity index (χ1v) is 6.69. The summed E-state index contributed by atoms with van der Waals surface area (Å²) in [7, 11) is 0. The van der Waals surface area contributed by atoms with Crippen LogP contribution in [0.15, 0.2) is 29.3 Å². The Morgan fingerprint density at radius 3 is 2.84 bits per heavy atom. The molecule has 1 aliphatic rings. The zero-order chi connectivity index (χ0) is 13.5. The lowest BCUT2D eigenvalue weighted by molar-refractivity contribution is 0.319. The first kappa shape index (κ1) is 13.6. The van der Waals surface area contributed by atoms with Crippen LogP contribution in [0.4, 0.5) is 4.39 Å². The standard InChI is InChI=1S/C14H20FN3O/c15-12-5-4-6-13(11-12)19-10-7-17-14(16)18-8-2-1-3-9-18/h4-6,11H,1-3,7-10H2,(H2,16,17). The van der Waals surface area contributed by atoms with Gasteiger partial charge >= 0.3 is 0 Å². The largest absolute Gasteiger partial charge is 0.492 e. The average Bonchev–Trinajstić information content (AvgIpc) is 2.44. The number of rotatable bonds is 4. The van der Waals surface area contributed by atoms with Gasteiger partial charge in [-0.1, -0.05) is 6.07 Å². The number of hydrogen-bond acceptors (Lipinski definition) is 2. The zero-order valence-corrected chi connectivity index (χ0v) is 11.0. The maximum Gasteiger partial charge on any atom is 0.191 e. The molecule has 19 heavy (non-hydrogen) atoms. The lowest BCUT2D eigenvalue weighted by atomic mass is 10.1. The van der Waals surface area contributed by atoms with Gasteiger partial charge in [-0.3, -0.25) is 0 Å². The van der Waals surface area contributed by atoms with Crippen molar-refractivity contribution in [2.24, 2.45) is 10.7 Å². The molecule has 1 fully saturated rings. The van der Waals surface area contributed by atoms with Crippen molar-refractivity contribution in [3.8, 4) is 5.75 Å². The Labute approximate surface area is 113 Å². The van der Waals surface area contributed by atoms with E-state index < -0.39 is 0 Å². The topological polar surface area (TPSA) is 50.9 Å². The van der Waals surface area contributed by atoms with E-state index in [0.29, 0.717) is 24.9 Å². The molecule has 0 saturated carbocycles. The maximum atomic E-state index is 12.9. The number of halogens is 1. The molecule has 0 aliphatic carbocycles. The molecule has 2 rings (SSSR count). The fourth-order valence-electron chi connectivity index (χ4n) is 2.10. The van der Waals surface area contributed by atoms with Gasteiger partial charge in [-0.25, -0.2) is 9.38 Å². The Kier molecular flexibility index (Phi) is 5.01. The van der Waals surface area contributed by atoms with Crippen LogP contribution in [-0.2, 0) is 0 Å². The number of nitrogens with two attached hydrogens (primary N) is 1. The minimum atomic E-state index is -0.297. The quantitative estimate of drug-likeness (QED) is 0.514. The molecule has 0 amide bonds. The van der Waals surface area contributed by atoms with E-state index in [-0.39, 0.29) is 5.82 Å². The highest BCUT2D eigenvalue weighted by atomic mass is 19.1. The Hall–Kier alpha value is -1.78. The van der Waals surface area contributed by atoms with Gasteiger partial charge in [0.15, 0.2) is 5.96 Å². The molecule has 1 heterocycles. The van der Waals surface area contributed by atoms with E-state index in [9.17, 15) is 4.39 Å². The van der Waals surface area contributed by atoms with Crippen LogP contribution in [-0.4, -0.2) is 37.1 Å². The Balaban J connectivity index is 1.73. The van der Waals surface area contributed by atoms with Crippen LogP contribution in [0.5, 0.6) is 5.75 Å². The van der Waals surface area contributed by atoms with E-state index in [2.05, 4.69) is 9.89 Å². The normalized spacial score (nSPS) is 16.5. The molecule has 4 nitrogen and oxygen atoms in total. The molecule has 104 valence electrons. The van der Waals surface area contributed by atoms with Gasteiger partial charge in [-0.2, -0.15) is 0 Å². The van der Waals surface area contributed by atoms with E-state index in [1.807, 2.05) is 0 Å². The van der Waals surface area contributed by atoms with Gasteiger partial charge in [0.05, 0.1) is 6.54 Å². The summed E-state index contributed by atoms with van der Waals surface area (Å²) in [6.45, 7) is 2.86. The highest BCUT2D eigenvalue weighted by Gasteiger charge is 2.11. The number of hydrogen-bond donors (Lipinski definition) is 1. The fraction of sp³-hybridized carbons (Fsp3) is 0.500. The van der Waals surface area contributed by atoms with Crippen molar-refractivity contribution in [3.63, 3.8) is 0 Å². The molecule has 0 bridgehead atoms. The summed E-state index contributed by atoms with van der Waals surface area (Å²) in [5.41, 5.74) is 5.91. The molecule has 1 aromatic rings. The van der Waals surface area contributed by atoms with Crippen LogP contribution in [0.3, 0.4) is 0 Å². The fourth-order valence-corrected chi connectivity index (χ4v) is 2.10. The van der Waals surface area contributed by atoms with E-state index in [0.717, 1.165) is 13.1 Å². The summed E-state index contributed by atoms with van der Waals surface area (Å²) < 4.78 is 18.3. The number of ether oxygens (including phenoxy) is 1. The molecule has 0 atom stereocenters. The van der Waals surface area contributed by atoms with Crippen molar-refractivity contribution in [2.45, 2.75) is 19.3 Å². The lowest BCUT2D eigenvalue weighted by Gasteiger charge is -2.27. The smallest absolute Gasteiger partial charge is 0.191 e. The predicted molar refractivity (Wildman–Crippen MR) is 73.8 cm³/mol. The zero-order valence-electron chi connectivity index (χ0n) is 11.0. The molecular formula is C14H20FN3O. The molecule has 1 aromatic carbocycles. The van der Waals surface area contributed by atoms with Gasteiger partial charge < -0.3 is 15.4 Å². The van der Waals surface area contributed by atoms with Gasteiger partial charge in [0.2, 0.25) is 0 Å². The first-order chi connectivity index (χ1) is 9.25. The molecule has 0 spiro atoms. The summed E-state index contributed by atoms with van der Waals surface area (Å²) in [6, 6.07) is 6.09. The van der Waals surface area contributed by atoms with Crippen molar-refractivity contribution < 1.29 is 9.13 Å². The highest BCUT2D eigenvalue weighted by Crippen LogP contribution is 2.11. The van der Waals surface area contributed by atoms with E-state index in [4.69, 9.17) is 10.5 Å². The van der Waals surface area contributed by atoms with Crippen LogP contribution in [0, 0.1) is 5.82 Å². The lowest BCUT2D eigenvalue weighted by Crippen LogP contribution is -2.41. The second-order valence-electron chi connectivity index (χ2n) is 4.59. The highest BCUT2D eigenvalue weighted by molar-refractivity contribution is 5.78. The van der Waals surface area contributed by atoms with Gasteiger partial charge in [0.25, 0.3) is 0 Å². The van der Waals surface area contributed by atoms with Crippen LogP contribution < -0.4 is 10.5 Å². The van der Waals surface area contributed by atoms with Crippen molar-refractivity contribution in [2.75, 3.05) is 26.2 Å². The predicted octanol–water partition coefficient (Wildman–Crippen LogP) is 2.01. The molecule has 1 aliphatic heterocycles. The van der Waals surface area contributed by atoms with E-state index >= 15 is 0 Å². The van der Waals surface area contributed by atoms with Gasteiger partial charge in [0, 0.05) is 19.2 Å². The number of benzene rings is 1. The third-order valence-electron chi connectivity index (χ3n) is 3.11. The molecule has 0 unspecified atom stereocenters. The minimum absolute atomic E-state index is 0.297. The van der Waals surface area contributed by atoms with Gasteiger partial charge in [0.1, 0.15) is 18.2 Å². The molecule has 0 radical (unpaired) electrons. The first-order valence-electron chi connectivity index (χ1n) is 6.69. The second kappa shape index (κ2) is 6.97. The molecule has 2 N–H and O–H groups in total. The summed E-state index contributed by atoms with van der Waals surface area (Å²) in [6.07, 6.45) is 3.62. The van der Waals surface area contributed by atoms with E-state index in [1.54, 1.807) is 12.1 Å². The number of piperidine rings is 1. The molecule has 1 saturated heterocycles. The summed E-state index contributed by atoms with van der Waals surface area (Å²) in [5, 5.41) is 0. The van der Waals surface area contributed by atoms with Crippen molar-refractivity contribution in [1.29, 1.82) is 0 Å². The summed E-state index contributed by atoms with van der Waals surface area (Å²) >= 11 is 0. The van der Waals surface area contributed by atoms with Gasteiger partial charge in [-0.15, -0.1) is 0 Å². The van der Waals surface area contributed by atoms with Crippen molar-refractivity contribution >= 4 is 5.96 Å². The third kappa shape index (κ3) is 4.43.